The first-order chi connectivity index (χ1) is 8.29. The molecular formula is C13H23N3S. The van der Waals surface area contributed by atoms with Gasteiger partial charge in [0.1, 0.15) is 5.01 Å². The van der Waals surface area contributed by atoms with Gasteiger partial charge in [-0.15, -0.1) is 11.3 Å². The molecule has 1 aromatic rings. The van der Waals surface area contributed by atoms with E-state index < -0.39 is 0 Å². The predicted octanol–water partition coefficient (Wildman–Crippen LogP) is 2.50. The molecule has 0 amide bonds. The fraction of sp³-hybridized carbons (Fsp3) is 0.769. The summed E-state index contributed by atoms with van der Waals surface area (Å²) >= 11 is 1.76. The van der Waals surface area contributed by atoms with E-state index in [0.717, 1.165) is 19.1 Å². The molecule has 1 saturated heterocycles. The van der Waals surface area contributed by atoms with E-state index in [4.69, 9.17) is 0 Å². The second kappa shape index (κ2) is 6.47. The summed E-state index contributed by atoms with van der Waals surface area (Å²) < 4.78 is 0. The van der Waals surface area contributed by atoms with Crippen molar-refractivity contribution in [3.63, 3.8) is 0 Å². The maximum absolute atomic E-state index is 4.37. The number of hydrogen-bond donors (Lipinski definition) is 1. The summed E-state index contributed by atoms with van der Waals surface area (Å²) in [7, 11) is 0. The van der Waals surface area contributed by atoms with Gasteiger partial charge in [0.05, 0.1) is 6.54 Å². The van der Waals surface area contributed by atoms with Crippen LogP contribution in [0.4, 0.5) is 0 Å². The van der Waals surface area contributed by atoms with E-state index in [1.165, 1.54) is 30.8 Å². The lowest BCUT2D eigenvalue weighted by Crippen LogP contribution is -2.47. The van der Waals surface area contributed by atoms with Gasteiger partial charge >= 0.3 is 0 Å². The van der Waals surface area contributed by atoms with Gasteiger partial charge in [0.2, 0.25) is 0 Å². The molecule has 1 fully saturated rings. The average molecular weight is 253 g/mol. The molecule has 2 rings (SSSR count). The lowest BCUT2D eigenvalue weighted by atomic mass is 9.98. The number of nitrogens with zero attached hydrogens (tertiary/aromatic N) is 2. The first-order valence-corrected chi connectivity index (χ1v) is 7.53. The van der Waals surface area contributed by atoms with Gasteiger partial charge in [-0.1, -0.05) is 6.92 Å². The maximum Gasteiger partial charge on any atom is 0.107 e. The first-order valence-electron chi connectivity index (χ1n) is 6.65. The molecule has 1 aliphatic heterocycles. The molecule has 1 aliphatic rings. The van der Waals surface area contributed by atoms with Crippen LogP contribution in [-0.4, -0.2) is 35.1 Å². The lowest BCUT2D eigenvalue weighted by Gasteiger charge is -2.37. The fourth-order valence-corrected chi connectivity index (χ4v) is 3.14. The van der Waals surface area contributed by atoms with Gasteiger partial charge in [0.15, 0.2) is 0 Å². The quantitative estimate of drug-likeness (QED) is 0.874. The SMILES string of the molecule is CCCNC1CCN(Cc2nccs2)C(C)C1. The number of rotatable bonds is 5. The molecule has 0 saturated carbocycles. The smallest absolute Gasteiger partial charge is 0.107 e. The Morgan fingerprint density at radius 2 is 2.47 bits per heavy atom. The topological polar surface area (TPSA) is 28.2 Å². The molecule has 96 valence electrons. The van der Waals surface area contributed by atoms with Crippen molar-refractivity contribution in [2.45, 2.75) is 51.7 Å². The summed E-state index contributed by atoms with van der Waals surface area (Å²) in [4.78, 5) is 6.93. The Morgan fingerprint density at radius 3 is 3.12 bits per heavy atom. The number of thiazole rings is 1. The third-order valence-electron chi connectivity index (χ3n) is 3.52. The standard InChI is InChI=1S/C13H23N3S/c1-3-5-14-12-4-7-16(11(2)9-12)10-13-15-6-8-17-13/h6,8,11-12,14H,3-5,7,9-10H2,1-2H3. The Hall–Kier alpha value is -0.450. The molecule has 2 heterocycles. The number of likely N-dealkylation sites (tertiary alicyclic amines) is 1. The van der Waals surface area contributed by atoms with Crippen LogP contribution in [0, 0.1) is 0 Å². The second-order valence-electron chi connectivity index (χ2n) is 4.92. The van der Waals surface area contributed by atoms with Gasteiger partial charge < -0.3 is 5.32 Å². The van der Waals surface area contributed by atoms with E-state index in [-0.39, 0.29) is 0 Å². The van der Waals surface area contributed by atoms with Crippen molar-refractivity contribution in [1.29, 1.82) is 0 Å². The molecule has 4 heteroatoms. The van der Waals surface area contributed by atoms with Crippen LogP contribution in [0.15, 0.2) is 11.6 Å². The summed E-state index contributed by atoms with van der Waals surface area (Å²) in [6.45, 7) is 7.95. The van der Waals surface area contributed by atoms with Crippen molar-refractivity contribution in [1.82, 2.24) is 15.2 Å². The van der Waals surface area contributed by atoms with Gasteiger partial charge in [0, 0.05) is 30.2 Å². The highest BCUT2D eigenvalue weighted by Gasteiger charge is 2.25. The lowest BCUT2D eigenvalue weighted by molar-refractivity contribution is 0.128. The van der Waals surface area contributed by atoms with Crippen molar-refractivity contribution < 1.29 is 0 Å². The van der Waals surface area contributed by atoms with Gasteiger partial charge in [-0.25, -0.2) is 4.98 Å². The van der Waals surface area contributed by atoms with Crippen LogP contribution < -0.4 is 5.32 Å². The minimum absolute atomic E-state index is 0.669. The average Bonchev–Trinajstić information content (AvgIpc) is 2.82. The summed E-state index contributed by atoms with van der Waals surface area (Å²) in [6, 6.07) is 1.39. The second-order valence-corrected chi connectivity index (χ2v) is 5.90. The number of piperidine rings is 1. The molecule has 1 N–H and O–H groups in total. The van der Waals surface area contributed by atoms with E-state index in [1.807, 2.05) is 6.20 Å². The Kier molecular flexibility index (Phi) is 4.95. The normalized spacial score (nSPS) is 26.2. The highest BCUT2D eigenvalue weighted by Crippen LogP contribution is 2.20. The van der Waals surface area contributed by atoms with Crippen LogP contribution in [0.2, 0.25) is 0 Å². The molecule has 0 bridgehead atoms. The molecule has 1 aromatic heterocycles. The minimum atomic E-state index is 0.669. The summed E-state index contributed by atoms with van der Waals surface area (Å²) in [5.74, 6) is 0. The number of aromatic nitrogens is 1. The van der Waals surface area contributed by atoms with Crippen LogP contribution in [0.25, 0.3) is 0 Å². The Balaban J connectivity index is 1.79. The Morgan fingerprint density at radius 1 is 1.59 bits per heavy atom. The highest BCUT2D eigenvalue weighted by atomic mass is 32.1. The summed E-state index contributed by atoms with van der Waals surface area (Å²) in [5.41, 5.74) is 0. The van der Waals surface area contributed by atoms with Crippen molar-refractivity contribution in [3.05, 3.63) is 16.6 Å². The Labute approximate surface area is 108 Å². The highest BCUT2D eigenvalue weighted by molar-refractivity contribution is 7.09. The van der Waals surface area contributed by atoms with Crippen LogP contribution in [-0.2, 0) is 6.54 Å². The monoisotopic (exact) mass is 253 g/mol. The van der Waals surface area contributed by atoms with E-state index in [1.54, 1.807) is 11.3 Å². The van der Waals surface area contributed by atoms with Crippen LogP contribution >= 0.6 is 11.3 Å². The van der Waals surface area contributed by atoms with Crippen LogP contribution in [0.3, 0.4) is 0 Å². The van der Waals surface area contributed by atoms with Crippen molar-refractivity contribution in [2.24, 2.45) is 0 Å². The zero-order chi connectivity index (χ0) is 12.1. The van der Waals surface area contributed by atoms with Crippen LogP contribution in [0.5, 0.6) is 0 Å². The van der Waals surface area contributed by atoms with Crippen LogP contribution in [0.1, 0.15) is 38.1 Å². The summed E-state index contributed by atoms with van der Waals surface area (Å²) in [6.07, 6.45) is 5.68. The van der Waals surface area contributed by atoms with Gasteiger partial charge in [-0.05, 0) is 32.7 Å². The van der Waals surface area contributed by atoms with E-state index in [2.05, 4.69) is 34.4 Å². The van der Waals surface area contributed by atoms with Gasteiger partial charge in [-0.2, -0.15) is 0 Å². The third-order valence-corrected chi connectivity index (χ3v) is 4.28. The van der Waals surface area contributed by atoms with E-state index in [0.29, 0.717) is 6.04 Å². The molecule has 0 aromatic carbocycles. The predicted molar refractivity (Wildman–Crippen MR) is 73.3 cm³/mol. The Bertz CT molecular complexity index is 312. The largest absolute Gasteiger partial charge is 0.314 e. The zero-order valence-electron chi connectivity index (χ0n) is 10.9. The van der Waals surface area contributed by atoms with Gasteiger partial charge in [-0.3, -0.25) is 4.90 Å². The molecular weight excluding hydrogens is 230 g/mol. The molecule has 0 aliphatic carbocycles. The molecule has 3 nitrogen and oxygen atoms in total. The van der Waals surface area contributed by atoms with Crippen molar-refractivity contribution >= 4 is 11.3 Å². The van der Waals surface area contributed by atoms with Crippen molar-refractivity contribution in [2.75, 3.05) is 13.1 Å². The summed E-state index contributed by atoms with van der Waals surface area (Å²) in [5, 5.41) is 6.95. The molecule has 2 unspecified atom stereocenters. The third kappa shape index (κ3) is 3.76. The molecule has 0 spiro atoms. The molecule has 2 atom stereocenters. The zero-order valence-corrected chi connectivity index (χ0v) is 11.7. The van der Waals surface area contributed by atoms with Crippen molar-refractivity contribution in [3.8, 4) is 0 Å². The maximum atomic E-state index is 4.37. The fourth-order valence-electron chi connectivity index (χ4n) is 2.49. The molecule has 0 radical (unpaired) electrons. The van der Waals surface area contributed by atoms with E-state index >= 15 is 0 Å². The van der Waals surface area contributed by atoms with E-state index in [9.17, 15) is 0 Å². The molecule has 17 heavy (non-hydrogen) atoms. The minimum Gasteiger partial charge on any atom is -0.314 e. The van der Waals surface area contributed by atoms with Gasteiger partial charge in [0.25, 0.3) is 0 Å². The number of nitrogens with one attached hydrogen (secondary N) is 1. The number of hydrogen-bond acceptors (Lipinski definition) is 4. The first kappa shape index (κ1) is 13.0.